The largest absolute Gasteiger partial charge is 0.441 e. The lowest BCUT2D eigenvalue weighted by Gasteiger charge is -2.09. The van der Waals surface area contributed by atoms with Crippen molar-refractivity contribution in [3.8, 4) is 0 Å². The maximum absolute atomic E-state index is 12.4. The molecule has 0 bridgehead atoms. The number of nitrogens with one attached hydrogen (secondary N) is 1. The molecule has 21 heavy (non-hydrogen) atoms. The zero-order valence-electron chi connectivity index (χ0n) is 12.0. The molecule has 0 radical (unpaired) electrons. The van der Waals surface area contributed by atoms with Crippen LogP contribution in [0.15, 0.2) is 46.9 Å². The Labute approximate surface area is 122 Å². The molecule has 0 saturated carbocycles. The lowest BCUT2D eigenvalue weighted by Crippen LogP contribution is -2.13. The van der Waals surface area contributed by atoms with Crippen molar-refractivity contribution >= 4 is 22.7 Å². The van der Waals surface area contributed by atoms with Crippen LogP contribution in [-0.2, 0) is 6.42 Å². The van der Waals surface area contributed by atoms with Crippen molar-refractivity contribution in [2.45, 2.75) is 20.3 Å². The van der Waals surface area contributed by atoms with Gasteiger partial charge in [0.15, 0.2) is 11.5 Å². The summed E-state index contributed by atoms with van der Waals surface area (Å²) in [5.41, 5.74) is 3.91. The van der Waals surface area contributed by atoms with E-state index in [1.54, 1.807) is 25.1 Å². The van der Waals surface area contributed by atoms with Crippen molar-refractivity contribution in [3.63, 3.8) is 0 Å². The quantitative estimate of drug-likeness (QED) is 0.790. The molecule has 0 unspecified atom stereocenters. The predicted octanol–water partition coefficient (Wildman–Crippen LogP) is 3.95. The third kappa shape index (κ3) is 2.65. The number of oxazole rings is 1. The van der Waals surface area contributed by atoms with Gasteiger partial charge in [0.1, 0.15) is 5.52 Å². The van der Waals surface area contributed by atoms with Crippen LogP contribution >= 0.6 is 0 Å². The highest BCUT2D eigenvalue weighted by atomic mass is 16.3. The van der Waals surface area contributed by atoms with Gasteiger partial charge in [0.25, 0.3) is 5.91 Å². The van der Waals surface area contributed by atoms with E-state index in [1.165, 1.54) is 0 Å². The van der Waals surface area contributed by atoms with Crippen molar-refractivity contribution in [1.82, 2.24) is 4.98 Å². The minimum absolute atomic E-state index is 0.146. The Morgan fingerprint density at radius 3 is 2.86 bits per heavy atom. The molecule has 0 fully saturated rings. The number of benzene rings is 2. The molecular weight excluding hydrogens is 264 g/mol. The van der Waals surface area contributed by atoms with Crippen molar-refractivity contribution in [2.75, 3.05) is 5.32 Å². The van der Waals surface area contributed by atoms with Crippen LogP contribution in [0.2, 0.25) is 0 Å². The third-order valence-electron chi connectivity index (χ3n) is 3.40. The number of hydrogen-bond donors (Lipinski definition) is 1. The summed E-state index contributed by atoms with van der Waals surface area (Å²) in [4.78, 5) is 16.6. The van der Waals surface area contributed by atoms with Crippen molar-refractivity contribution in [2.24, 2.45) is 0 Å². The molecule has 1 aromatic heterocycles. The van der Waals surface area contributed by atoms with Gasteiger partial charge in [0.2, 0.25) is 0 Å². The lowest BCUT2D eigenvalue weighted by molar-refractivity contribution is 0.102. The summed E-state index contributed by atoms with van der Waals surface area (Å²) in [6.45, 7) is 3.85. The highest BCUT2D eigenvalue weighted by Gasteiger charge is 2.11. The number of rotatable bonds is 3. The number of aromatic nitrogens is 1. The smallest absolute Gasteiger partial charge is 0.255 e. The van der Waals surface area contributed by atoms with Gasteiger partial charge in [0, 0.05) is 18.2 Å². The van der Waals surface area contributed by atoms with E-state index in [9.17, 15) is 4.79 Å². The molecule has 0 aliphatic heterocycles. The second-order valence-corrected chi connectivity index (χ2v) is 4.88. The van der Waals surface area contributed by atoms with E-state index in [2.05, 4.69) is 17.2 Å². The van der Waals surface area contributed by atoms with Gasteiger partial charge in [-0.25, -0.2) is 4.98 Å². The van der Waals surface area contributed by atoms with E-state index in [4.69, 9.17) is 4.42 Å². The minimum Gasteiger partial charge on any atom is -0.441 e. The fraction of sp³-hybridized carbons (Fsp3) is 0.176. The fourth-order valence-corrected chi connectivity index (χ4v) is 2.33. The number of anilines is 1. The van der Waals surface area contributed by atoms with E-state index >= 15 is 0 Å². The highest BCUT2D eigenvalue weighted by Crippen LogP contribution is 2.20. The number of carbonyl (C=O) groups is 1. The zero-order chi connectivity index (χ0) is 14.8. The standard InChI is InChI=1S/C17H16N2O2/c1-3-12-6-4-5-7-14(12)19-17(20)13-8-9-15-16(10-13)21-11(2)18-15/h4-10H,3H2,1-2H3,(H,19,20). The Balaban J connectivity index is 1.89. The van der Waals surface area contributed by atoms with Crippen LogP contribution in [0, 0.1) is 6.92 Å². The fourth-order valence-electron chi connectivity index (χ4n) is 2.33. The second kappa shape index (κ2) is 5.40. The van der Waals surface area contributed by atoms with Gasteiger partial charge in [0.05, 0.1) is 0 Å². The zero-order valence-corrected chi connectivity index (χ0v) is 12.0. The van der Waals surface area contributed by atoms with Crippen molar-refractivity contribution < 1.29 is 9.21 Å². The monoisotopic (exact) mass is 280 g/mol. The predicted molar refractivity (Wildman–Crippen MR) is 82.5 cm³/mol. The third-order valence-corrected chi connectivity index (χ3v) is 3.40. The average molecular weight is 280 g/mol. The number of amides is 1. The molecule has 1 heterocycles. The first kappa shape index (κ1) is 13.4. The molecule has 1 amide bonds. The number of hydrogen-bond acceptors (Lipinski definition) is 3. The van der Waals surface area contributed by atoms with Crippen LogP contribution < -0.4 is 5.32 Å². The van der Waals surface area contributed by atoms with Crippen LogP contribution in [-0.4, -0.2) is 10.9 Å². The van der Waals surface area contributed by atoms with Gasteiger partial charge in [-0.05, 0) is 36.2 Å². The van der Waals surface area contributed by atoms with E-state index < -0.39 is 0 Å². The molecule has 106 valence electrons. The first-order valence-electron chi connectivity index (χ1n) is 6.94. The van der Waals surface area contributed by atoms with Gasteiger partial charge in [-0.15, -0.1) is 0 Å². The van der Waals surface area contributed by atoms with Crippen LogP contribution in [0.3, 0.4) is 0 Å². The molecule has 1 N–H and O–H groups in total. The molecule has 2 aromatic carbocycles. The average Bonchev–Trinajstić information content (AvgIpc) is 2.86. The van der Waals surface area contributed by atoms with Crippen molar-refractivity contribution in [1.29, 1.82) is 0 Å². The van der Waals surface area contributed by atoms with Crippen LogP contribution in [0.4, 0.5) is 5.69 Å². The molecule has 0 spiro atoms. The summed E-state index contributed by atoms with van der Waals surface area (Å²) in [5.74, 6) is 0.450. The molecule has 4 nitrogen and oxygen atoms in total. The number of aryl methyl sites for hydroxylation is 2. The van der Waals surface area contributed by atoms with Gasteiger partial charge in [-0.3, -0.25) is 4.79 Å². The summed E-state index contributed by atoms with van der Waals surface area (Å²) >= 11 is 0. The lowest BCUT2D eigenvalue weighted by atomic mass is 10.1. The normalized spacial score (nSPS) is 10.8. The van der Waals surface area contributed by atoms with E-state index in [0.717, 1.165) is 23.2 Å². The summed E-state index contributed by atoms with van der Waals surface area (Å²) in [6, 6.07) is 13.1. The number of carbonyl (C=O) groups excluding carboxylic acids is 1. The first-order valence-corrected chi connectivity index (χ1v) is 6.94. The molecule has 0 aliphatic carbocycles. The molecule has 0 atom stereocenters. The summed E-state index contributed by atoms with van der Waals surface area (Å²) in [6.07, 6.45) is 0.872. The molecule has 0 saturated heterocycles. The summed E-state index contributed by atoms with van der Waals surface area (Å²) in [5, 5.41) is 2.95. The van der Waals surface area contributed by atoms with Crippen LogP contribution in [0.25, 0.3) is 11.1 Å². The van der Waals surface area contributed by atoms with Gasteiger partial charge in [-0.2, -0.15) is 0 Å². The maximum Gasteiger partial charge on any atom is 0.255 e. The van der Waals surface area contributed by atoms with E-state index in [0.29, 0.717) is 17.0 Å². The molecular formula is C17H16N2O2. The summed E-state index contributed by atoms with van der Waals surface area (Å²) in [7, 11) is 0. The molecule has 3 rings (SSSR count). The minimum atomic E-state index is -0.146. The Hall–Kier alpha value is -2.62. The van der Waals surface area contributed by atoms with Crippen molar-refractivity contribution in [3.05, 3.63) is 59.5 Å². The summed E-state index contributed by atoms with van der Waals surface area (Å²) < 4.78 is 5.46. The topological polar surface area (TPSA) is 55.1 Å². The Bertz CT molecular complexity index is 805. The molecule has 0 aliphatic rings. The molecule has 4 heteroatoms. The number of fused-ring (bicyclic) bond motifs is 1. The van der Waals surface area contributed by atoms with Gasteiger partial charge >= 0.3 is 0 Å². The first-order chi connectivity index (χ1) is 10.2. The number of para-hydroxylation sites is 1. The van der Waals surface area contributed by atoms with Gasteiger partial charge < -0.3 is 9.73 Å². The SMILES string of the molecule is CCc1ccccc1NC(=O)c1ccc2nc(C)oc2c1. The van der Waals surface area contributed by atoms with E-state index in [-0.39, 0.29) is 5.91 Å². The number of nitrogens with zero attached hydrogens (tertiary/aromatic N) is 1. The Kier molecular flexibility index (Phi) is 3.44. The highest BCUT2D eigenvalue weighted by molar-refractivity contribution is 6.06. The van der Waals surface area contributed by atoms with Crippen LogP contribution in [0.5, 0.6) is 0 Å². The Morgan fingerprint density at radius 2 is 2.05 bits per heavy atom. The van der Waals surface area contributed by atoms with Crippen LogP contribution in [0.1, 0.15) is 28.7 Å². The van der Waals surface area contributed by atoms with Gasteiger partial charge in [-0.1, -0.05) is 25.1 Å². The Morgan fingerprint density at radius 1 is 1.24 bits per heavy atom. The van der Waals surface area contributed by atoms with E-state index in [1.807, 2.05) is 24.3 Å². The maximum atomic E-state index is 12.4. The molecule has 3 aromatic rings. The second-order valence-electron chi connectivity index (χ2n) is 4.88.